The fraction of sp³-hybridized carbons (Fsp3) is 0.889. The van der Waals surface area contributed by atoms with Crippen molar-refractivity contribution in [1.29, 1.82) is 0 Å². The highest BCUT2D eigenvalue weighted by molar-refractivity contribution is 5.75. The minimum absolute atomic E-state index is 0.364. The maximum absolute atomic E-state index is 11.6. The van der Waals surface area contributed by atoms with E-state index in [0.717, 1.165) is 36.5 Å². The molecule has 1 nitrogen and oxygen atoms in total. The summed E-state index contributed by atoms with van der Waals surface area (Å²) in [7, 11) is 0. The first-order valence-electron chi connectivity index (χ1n) is 12.3. The molecule has 0 aromatic carbocycles. The topological polar surface area (TPSA) is 17.1 Å². The first kappa shape index (κ1) is 20.7. The zero-order valence-corrected chi connectivity index (χ0v) is 19.4. The normalized spacial score (nSPS) is 48.9. The van der Waals surface area contributed by atoms with Crippen LogP contribution in [0.15, 0.2) is 11.6 Å². The van der Waals surface area contributed by atoms with E-state index >= 15 is 0 Å². The van der Waals surface area contributed by atoms with Crippen LogP contribution in [0.1, 0.15) is 106 Å². The zero-order valence-electron chi connectivity index (χ0n) is 19.4. The molecule has 1 heteroatoms. The van der Waals surface area contributed by atoms with Crippen molar-refractivity contribution in [2.45, 2.75) is 106 Å². The molecule has 4 aliphatic carbocycles. The van der Waals surface area contributed by atoms with Gasteiger partial charge in [0.25, 0.3) is 0 Å². The molecule has 0 aliphatic heterocycles. The molecule has 0 unspecified atom stereocenters. The zero-order chi connectivity index (χ0) is 20.3. The van der Waals surface area contributed by atoms with E-state index in [1.807, 2.05) is 5.57 Å². The first-order chi connectivity index (χ1) is 13.1. The van der Waals surface area contributed by atoms with Gasteiger partial charge in [-0.25, -0.2) is 0 Å². The van der Waals surface area contributed by atoms with Crippen LogP contribution in [0, 0.1) is 45.8 Å². The van der Waals surface area contributed by atoms with Crippen molar-refractivity contribution in [3.63, 3.8) is 0 Å². The van der Waals surface area contributed by atoms with Gasteiger partial charge in [-0.1, -0.05) is 46.3 Å². The summed E-state index contributed by atoms with van der Waals surface area (Å²) >= 11 is 0. The Bertz CT molecular complexity index is 661. The van der Waals surface area contributed by atoms with Gasteiger partial charge in [-0.3, -0.25) is 0 Å². The molecule has 4 aliphatic rings. The highest BCUT2D eigenvalue weighted by atomic mass is 16.1. The number of carbonyl (C=O) groups excluding carboxylic acids is 1. The molecule has 8 atom stereocenters. The second-order valence-electron chi connectivity index (χ2n) is 12.2. The maximum Gasteiger partial charge on any atom is 0.129 e. The first-order valence-corrected chi connectivity index (χ1v) is 12.3. The summed E-state index contributed by atoms with van der Waals surface area (Å²) in [4.78, 5) is 11.6. The average molecular weight is 385 g/mol. The molecule has 0 radical (unpaired) electrons. The Balaban J connectivity index is 1.59. The molecule has 4 rings (SSSR count). The average Bonchev–Trinajstić information content (AvgIpc) is 2.92. The summed E-state index contributed by atoms with van der Waals surface area (Å²) in [5.74, 6) is 4.63. The van der Waals surface area contributed by atoms with E-state index in [9.17, 15) is 4.79 Å². The number of fused-ring (bicyclic) bond motifs is 5. The number of hydrogen-bond acceptors (Lipinski definition) is 1. The standard InChI is InChI=1S/C27H44O/c1-18-11-14-25(4)21(17-18)9-10-22-23(25)12-16-27(6)24(22)13-15-26(27,5)19(2)7-8-20(3)28/h9,18-19,22-24H,7-8,10-17H2,1-6H3/t18-,19+,22+,23-,24-,25-,26+,27-/m0/s1. The summed E-state index contributed by atoms with van der Waals surface area (Å²) in [5.41, 5.74) is 3.19. The van der Waals surface area contributed by atoms with Crippen LogP contribution in [-0.4, -0.2) is 5.78 Å². The Hall–Kier alpha value is -0.590. The second kappa shape index (κ2) is 6.98. The number of allylic oxidation sites excluding steroid dienone is 2. The van der Waals surface area contributed by atoms with Crippen LogP contribution in [-0.2, 0) is 4.79 Å². The quantitative estimate of drug-likeness (QED) is 0.456. The van der Waals surface area contributed by atoms with Gasteiger partial charge >= 0.3 is 0 Å². The maximum atomic E-state index is 11.6. The van der Waals surface area contributed by atoms with Gasteiger partial charge in [0.2, 0.25) is 0 Å². The van der Waals surface area contributed by atoms with Gasteiger partial charge in [-0.05, 0) is 111 Å². The Morgan fingerprint density at radius 3 is 2.54 bits per heavy atom. The van der Waals surface area contributed by atoms with Crippen molar-refractivity contribution in [3.8, 4) is 0 Å². The molecular formula is C27H44O. The smallest absolute Gasteiger partial charge is 0.129 e. The van der Waals surface area contributed by atoms with Crippen molar-refractivity contribution in [1.82, 2.24) is 0 Å². The summed E-state index contributed by atoms with van der Waals surface area (Å²) in [6.07, 6.45) is 15.8. The van der Waals surface area contributed by atoms with E-state index in [4.69, 9.17) is 0 Å². The van der Waals surface area contributed by atoms with E-state index in [0.29, 0.717) is 27.9 Å². The fourth-order valence-electron chi connectivity index (χ4n) is 8.69. The van der Waals surface area contributed by atoms with E-state index in [-0.39, 0.29) is 0 Å². The van der Waals surface area contributed by atoms with Gasteiger partial charge in [0.05, 0.1) is 0 Å². The van der Waals surface area contributed by atoms with Gasteiger partial charge in [0.1, 0.15) is 5.78 Å². The summed E-state index contributed by atoms with van der Waals surface area (Å²) in [6, 6.07) is 0. The van der Waals surface area contributed by atoms with Crippen LogP contribution in [0.4, 0.5) is 0 Å². The molecule has 0 saturated heterocycles. The molecule has 0 N–H and O–H groups in total. The molecule has 0 heterocycles. The van der Waals surface area contributed by atoms with Crippen molar-refractivity contribution in [2.24, 2.45) is 45.8 Å². The van der Waals surface area contributed by atoms with Crippen LogP contribution in [0.25, 0.3) is 0 Å². The lowest BCUT2D eigenvalue weighted by Gasteiger charge is -2.60. The number of hydrogen-bond donors (Lipinski definition) is 0. The lowest BCUT2D eigenvalue weighted by Crippen LogP contribution is -2.52. The number of ketones is 1. The molecule has 0 bridgehead atoms. The second-order valence-corrected chi connectivity index (χ2v) is 12.2. The third-order valence-corrected chi connectivity index (χ3v) is 11.0. The largest absolute Gasteiger partial charge is 0.300 e. The number of Topliss-reactive ketones (excluding diaryl/α,β-unsaturated/α-hetero) is 1. The van der Waals surface area contributed by atoms with Gasteiger partial charge in [-0.15, -0.1) is 0 Å². The molecule has 3 fully saturated rings. The molecule has 0 amide bonds. The van der Waals surface area contributed by atoms with Crippen molar-refractivity contribution < 1.29 is 4.79 Å². The predicted molar refractivity (Wildman–Crippen MR) is 118 cm³/mol. The van der Waals surface area contributed by atoms with Crippen molar-refractivity contribution in [3.05, 3.63) is 11.6 Å². The SMILES string of the molecule is CC(=O)CC[C@@H](C)[C@@]1(C)CC[C@H]2[C@@H]3CC=C4C[C@@H](C)CC[C@]4(C)[C@H]3CC[C@@]21C. The Kier molecular flexibility index (Phi) is 5.16. The molecule has 3 saturated carbocycles. The van der Waals surface area contributed by atoms with Crippen molar-refractivity contribution >= 4 is 5.78 Å². The Labute approximate surface area is 174 Å². The van der Waals surface area contributed by atoms with Crippen LogP contribution < -0.4 is 0 Å². The van der Waals surface area contributed by atoms with E-state index < -0.39 is 0 Å². The summed E-state index contributed by atoms with van der Waals surface area (Å²) in [6.45, 7) is 14.5. The van der Waals surface area contributed by atoms with Crippen LogP contribution in [0.2, 0.25) is 0 Å². The minimum atomic E-state index is 0.364. The molecule has 158 valence electrons. The summed E-state index contributed by atoms with van der Waals surface area (Å²) < 4.78 is 0. The third kappa shape index (κ3) is 2.89. The van der Waals surface area contributed by atoms with Gasteiger partial charge in [-0.2, -0.15) is 0 Å². The van der Waals surface area contributed by atoms with Crippen LogP contribution in [0.5, 0.6) is 0 Å². The number of rotatable bonds is 4. The molecule has 0 aromatic heterocycles. The van der Waals surface area contributed by atoms with E-state index in [1.165, 1.54) is 51.4 Å². The highest BCUT2D eigenvalue weighted by Gasteiger charge is 2.63. The Morgan fingerprint density at radius 2 is 1.82 bits per heavy atom. The monoisotopic (exact) mass is 384 g/mol. The number of carbonyl (C=O) groups is 1. The lowest BCUT2D eigenvalue weighted by atomic mass is 9.44. The highest BCUT2D eigenvalue weighted by Crippen LogP contribution is 2.71. The van der Waals surface area contributed by atoms with Crippen LogP contribution >= 0.6 is 0 Å². The van der Waals surface area contributed by atoms with Crippen LogP contribution in [0.3, 0.4) is 0 Å². The molecular weight excluding hydrogens is 340 g/mol. The fourth-order valence-corrected chi connectivity index (χ4v) is 8.69. The minimum Gasteiger partial charge on any atom is -0.300 e. The van der Waals surface area contributed by atoms with Gasteiger partial charge in [0.15, 0.2) is 0 Å². The van der Waals surface area contributed by atoms with E-state index in [2.05, 4.69) is 40.7 Å². The van der Waals surface area contributed by atoms with Gasteiger partial charge < -0.3 is 4.79 Å². The molecule has 28 heavy (non-hydrogen) atoms. The molecule has 0 spiro atoms. The molecule has 0 aromatic rings. The van der Waals surface area contributed by atoms with E-state index in [1.54, 1.807) is 6.92 Å². The lowest BCUT2D eigenvalue weighted by molar-refractivity contribution is -0.118. The van der Waals surface area contributed by atoms with Gasteiger partial charge in [0, 0.05) is 6.42 Å². The Morgan fingerprint density at radius 1 is 1.11 bits per heavy atom. The predicted octanol–water partition coefficient (Wildman–Crippen LogP) is 7.60. The summed E-state index contributed by atoms with van der Waals surface area (Å²) in [5, 5.41) is 0. The third-order valence-electron chi connectivity index (χ3n) is 11.0. The van der Waals surface area contributed by atoms with Crippen molar-refractivity contribution in [2.75, 3.05) is 0 Å².